The molecular formula is C11H17BrO2. The number of hydrogen-bond donors (Lipinski definition) is 0. The van der Waals surface area contributed by atoms with E-state index in [9.17, 15) is 0 Å². The Morgan fingerprint density at radius 1 is 1.21 bits per heavy atom. The zero-order valence-electron chi connectivity index (χ0n) is 8.92. The van der Waals surface area contributed by atoms with Crippen molar-refractivity contribution in [2.75, 3.05) is 20.8 Å². The smallest absolute Gasteiger partial charge is 0.133 e. The highest BCUT2D eigenvalue weighted by Crippen LogP contribution is 2.23. The highest BCUT2D eigenvalue weighted by atomic mass is 79.9. The van der Waals surface area contributed by atoms with Crippen molar-refractivity contribution < 1.29 is 9.47 Å². The van der Waals surface area contributed by atoms with Crippen LogP contribution in [0.4, 0.5) is 0 Å². The molecule has 0 aliphatic rings. The second-order valence-electron chi connectivity index (χ2n) is 2.69. The van der Waals surface area contributed by atoms with Gasteiger partial charge in [0.1, 0.15) is 5.75 Å². The fourth-order valence-corrected chi connectivity index (χ4v) is 1.17. The van der Waals surface area contributed by atoms with Crippen LogP contribution < -0.4 is 4.74 Å². The molecule has 0 aliphatic heterocycles. The zero-order valence-corrected chi connectivity index (χ0v) is 10.5. The highest BCUT2D eigenvalue weighted by molar-refractivity contribution is 9.10. The third kappa shape index (κ3) is 6.00. The Hall–Kier alpha value is -0.540. The van der Waals surface area contributed by atoms with Crippen LogP contribution in [0.25, 0.3) is 0 Å². The summed E-state index contributed by atoms with van der Waals surface area (Å²) in [6.07, 6.45) is 1.04. The molecule has 1 aromatic rings. The molecular weight excluding hydrogens is 244 g/mol. The lowest BCUT2D eigenvalue weighted by Crippen LogP contribution is -1.94. The molecule has 0 bridgehead atoms. The zero-order chi connectivity index (χ0) is 10.8. The molecule has 1 rings (SSSR count). The van der Waals surface area contributed by atoms with E-state index in [1.807, 2.05) is 24.3 Å². The van der Waals surface area contributed by atoms with Crippen molar-refractivity contribution in [1.29, 1.82) is 0 Å². The Morgan fingerprint density at radius 2 is 1.79 bits per heavy atom. The Morgan fingerprint density at radius 3 is 2.29 bits per heavy atom. The van der Waals surface area contributed by atoms with Gasteiger partial charge in [0.15, 0.2) is 0 Å². The standard InChI is InChI=1S/C9H11BrO.C2H6O/c1-2-7-11-9-6-4-3-5-8(9)10;1-3-2/h3-6H,2,7H2,1H3;1-2H3. The largest absolute Gasteiger partial charge is 0.492 e. The molecule has 0 saturated heterocycles. The van der Waals surface area contributed by atoms with Crippen molar-refractivity contribution in [3.05, 3.63) is 28.7 Å². The summed E-state index contributed by atoms with van der Waals surface area (Å²) < 4.78 is 10.7. The lowest BCUT2D eigenvalue weighted by atomic mass is 10.3. The quantitative estimate of drug-likeness (QED) is 0.829. The maximum Gasteiger partial charge on any atom is 0.133 e. The molecule has 0 atom stereocenters. The van der Waals surface area contributed by atoms with Crippen LogP contribution in [0, 0.1) is 0 Å². The van der Waals surface area contributed by atoms with Gasteiger partial charge < -0.3 is 9.47 Å². The molecule has 0 unspecified atom stereocenters. The predicted octanol–water partition coefficient (Wildman–Crippen LogP) is 3.50. The van der Waals surface area contributed by atoms with Crippen LogP contribution in [-0.4, -0.2) is 20.8 Å². The van der Waals surface area contributed by atoms with Gasteiger partial charge in [-0.25, -0.2) is 0 Å². The molecule has 2 nitrogen and oxygen atoms in total. The van der Waals surface area contributed by atoms with Gasteiger partial charge in [-0.15, -0.1) is 0 Å². The monoisotopic (exact) mass is 260 g/mol. The van der Waals surface area contributed by atoms with Gasteiger partial charge in [0, 0.05) is 14.2 Å². The third-order valence-electron chi connectivity index (χ3n) is 1.30. The average Bonchev–Trinajstić information content (AvgIpc) is 2.18. The van der Waals surface area contributed by atoms with Crippen LogP contribution in [0.5, 0.6) is 5.75 Å². The van der Waals surface area contributed by atoms with Crippen molar-refractivity contribution in [3.63, 3.8) is 0 Å². The number of benzene rings is 1. The first kappa shape index (κ1) is 13.5. The normalized spacial score (nSPS) is 8.86. The molecule has 0 saturated carbocycles. The molecule has 3 heteroatoms. The first-order valence-corrected chi connectivity index (χ1v) is 5.33. The van der Waals surface area contributed by atoms with Gasteiger partial charge in [-0.3, -0.25) is 0 Å². The summed E-state index contributed by atoms with van der Waals surface area (Å²) in [7, 11) is 3.25. The van der Waals surface area contributed by atoms with Gasteiger partial charge in [-0.05, 0) is 34.5 Å². The Kier molecular flexibility index (Phi) is 8.68. The van der Waals surface area contributed by atoms with Crippen LogP contribution >= 0.6 is 15.9 Å². The molecule has 0 heterocycles. The van der Waals surface area contributed by atoms with Gasteiger partial charge in [0.2, 0.25) is 0 Å². The summed E-state index contributed by atoms with van der Waals surface area (Å²) >= 11 is 3.40. The molecule has 0 amide bonds. The average molecular weight is 261 g/mol. The highest BCUT2D eigenvalue weighted by Gasteiger charge is 1.96. The van der Waals surface area contributed by atoms with Gasteiger partial charge in [-0.2, -0.15) is 0 Å². The van der Waals surface area contributed by atoms with Crippen molar-refractivity contribution >= 4 is 15.9 Å². The Bertz CT molecular complexity index is 238. The van der Waals surface area contributed by atoms with Gasteiger partial charge >= 0.3 is 0 Å². The Labute approximate surface area is 94.4 Å². The lowest BCUT2D eigenvalue weighted by Gasteiger charge is -2.05. The Balaban J connectivity index is 0.000000500. The molecule has 0 aliphatic carbocycles. The first-order valence-electron chi connectivity index (χ1n) is 4.53. The summed E-state index contributed by atoms with van der Waals surface area (Å²) in [4.78, 5) is 0. The second-order valence-corrected chi connectivity index (χ2v) is 3.54. The number of halogens is 1. The van der Waals surface area contributed by atoms with E-state index in [2.05, 4.69) is 27.6 Å². The predicted molar refractivity (Wildman–Crippen MR) is 62.9 cm³/mol. The summed E-state index contributed by atoms with van der Waals surface area (Å²) in [5.41, 5.74) is 0. The molecule has 80 valence electrons. The minimum atomic E-state index is 0.780. The van der Waals surface area contributed by atoms with E-state index in [0.29, 0.717) is 0 Å². The second kappa shape index (κ2) is 9.03. The van der Waals surface area contributed by atoms with Gasteiger partial charge in [0.25, 0.3) is 0 Å². The van der Waals surface area contributed by atoms with Crippen LogP contribution in [0.3, 0.4) is 0 Å². The van der Waals surface area contributed by atoms with E-state index in [-0.39, 0.29) is 0 Å². The summed E-state index contributed by atoms with van der Waals surface area (Å²) in [6, 6.07) is 7.88. The maximum absolute atomic E-state index is 5.44. The third-order valence-corrected chi connectivity index (χ3v) is 1.95. The molecule has 0 aromatic heterocycles. The van der Waals surface area contributed by atoms with E-state index in [0.717, 1.165) is 23.2 Å². The molecule has 1 aromatic carbocycles. The van der Waals surface area contributed by atoms with E-state index in [1.54, 1.807) is 14.2 Å². The van der Waals surface area contributed by atoms with Crippen LogP contribution in [0.2, 0.25) is 0 Å². The number of hydrogen-bond acceptors (Lipinski definition) is 2. The fourth-order valence-electron chi connectivity index (χ4n) is 0.774. The van der Waals surface area contributed by atoms with Crippen molar-refractivity contribution in [1.82, 2.24) is 0 Å². The van der Waals surface area contributed by atoms with Gasteiger partial charge in [-0.1, -0.05) is 19.1 Å². The molecule has 0 N–H and O–H groups in total. The van der Waals surface area contributed by atoms with Crippen LogP contribution in [0.15, 0.2) is 28.7 Å². The van der Waals surface area contributed by atoms with Crippen LogP contribution in [0.1, 0.15) is 13.3 Å². The SMILES string of the molecule is CCCOc1ccccc1Br.COC. The minimum Gasteiger partial charge on any atom is -0.492 e. The van der Waals surface area contributed by atoms with Crippen molar-refractivity contribution in [2.45, 2.75) is 13.3 Å². The number of methoxy groups -OCH3 is 1. The van der Waals surface area contributed by atoms with Crippen molar-refractivity contribution in [2.24, 2.45) is 0 Å². The molecule has 0 radical (unpaired) electrons. The lowest BCUT2D eigenvalue weighted by molar-refractivity contribution is 0.277. The maximum atomic E-state index is 5.44. The molecule has 14 heavy (non-hydrogen) atoms. The molecule has 0 spiro atoms. The summed E-state index contributed by atoms with van der Waals surface area (Å²) in [6.45, 7) is 2.87. The minimum absolute atomic E-state index is 0.780. The number of rotatable bonds is 3. The van der Waals surface area contributed by atoms with Crippen LogP contribution in [-0.2, 0) is 4.74 Å². The number of ether oxygens (including phenoxy) is 2. The van der Waals surface area contributed by atoms with E-state index >= 15 is 0 Å². The first-order chi connectivity index (χ1) is 6.76. The topological polar surface area (TPSA) is 18.5 Å². The van der Waals surface area contributed by atoms with E-state index in [1.165, 1.54) is 0 Å². The van der Waals surface area contributed by atoms with Crippen molar-refractivity contribution in [3.8, 4) is 5.75 Å². The van der Waals surface area contributed by atoms with E-state index < -0.39 is 0 Å². The van der Waals surface area contributed by atoms with E-state index in [4.69, 9.17) is 4.74 Å². The number of para-hydroxylation sites is 1. The molecule has 0 fully saturated rings. The van der Waals surface area contributed by atoms with Gasteiger partial charge in [0.05, 0.1) is 11.1 Å². The summed E-state index contributed by atoms with van der Waals surface area (Å²) in [5.74, 6) is 0.925. The fraction of sp³-hybridized carbons (Fsp3) is 0.455. The summed E-state index contributed by atoms with van der Waals surface area (Å²) in [5, 5.41) is 0.